The van der Waals surface area contributed by atoms with Gasteiger partial charge in [0.1, 0.15) is 18.0 Å². The smallest absolute Gasteiger partial charge is 0.416 e. The Labute approximate surface area is 236 Å². The minimum atomic E-state index is -4.59. The maximum atomic E-state index is 14.2. The summed E-state index contributed by atoms with van der Waals surface area (Å²) in [4.78, 5) is 33.8. The standard InChI is InChI=1S/C29H22F4N6O3/c1-3-42-27(40)24-23(25-16(2)35-15-36-39(25)26(24)18-5-4-6-20(30)13-18)17-7-9-21(10-8-17)37-28(41)38-22-14-19(11-12-34-22)29(31,32)33/h4-15H,3H2,1-2H3,(H2,34,37,38,41). The summed E-state index contributed by atoms with van der Waals surface area (Å²) in [6, 6.07) is 12.8. The zero-order valence-electron chi connectivity index (χ0n) is 22.2. The van der Waals surface area contributed by atoms with Crippen LogP contribution in [-0.4, -0.2) is 38.2 Å². The second-order valence-electron chi connectivity index (χ2n) is 9.02. The van der Waals surface area contributed by atoms with E-state index in [9.17, 15) is 27.2 Å². The van der Waals surface area contributed by atoms with Gasteiger partial charge in [0.25, 0.3) is 0 Å². The Kier molecular flexibility index (Phi) is 7.57. The molecule has 0 saturated carbocycles. The van der Waals surface area contributed by atoms with Gasteiger partial charge in [-0.25, -0.2) is 28.5 Å². The average Bonchev–Trinajstić information content (AvgIpc) is 3.30. The number of urea groups is 1. The molecule has 0 fully saturated rings. The van der Waals surface area contributed by atoms with Crippen molar-refractivity contribution in [3.8, 4) is 22.4 Å². The fourth-order valence-corrected chi connectivity index (χ4v) is 4.49. The van der Waals surface area contributed by atoms with Crippen molar-refractivity contribution < 1.29 is 31.9 Å². The van der Waals surface area contributed by atoms with Crippen LogP contribution in [0.4, 0.5) is 33.9 Å². The van der Waals surface area contributed by atoms with Crippen LogP contribution in [0.15, 0.2) is 73.2 Å². The Balaban J connectivity index is 1.53. The SMILES string of the molecule is CCOC(=O)c1c(-c2ccc(NC(=O)Nc3cc(C(F)(F)F)ccn3)cc2)c2c(C)ncnn2c1-c1cccc(F)c1. The molecule has 9 nitrogen and oxygen atoms in total. The van der Waals surface area contributed by atoms with Gasteiger partial charge in [-0.05, 0) is 55.8 Å². The molecule has 0 aliphatic rings. The van der Waals surface area contributed by atoms with Crippen molar-refractivity contribution in [2.75, 3.05) is 17.2 Å². The summed E-state index contributed by atoms with van der Waals surface area (Å²) in [5.41, 5.74) is 2.25. The zero-order chi connectivity index (χ0) is 30.0. The lowest BCUT2D eigenvalue weighted by Gasteiger charge is -2.11. The highest BCUT2D eigenvalue weighted by molar-refractivity contribution is 6.09. The number of benzene rings is 2. The quantitative estimate of drug-likeness (QED) is 0.171. The number of fused-ring (bicyclic) bond motifs is 1. The van der Waals surface area contributed by atoms with E-state index in [2.05, 4.69) is 25.7 Å². The minimum Gasteiger partial charge on any atom is -0.462 e. The number of aromatic nitrogens is 4. The van der Waals surface area contributed by atoms with Gasteiger partial charge < -0.3 is 10.1 Å². The summed E-state index contributed by atoms with van der Waals surface area (Å²) in [6.07, 6.45) is -2.32. The summed E-state index contributed by atoms with van der Waals surface area (Å²) in [7, 11) is 0. The molecule has 0 radical (unpaired) electrons. The van der Waals surface area contributed by atoms with Gasteiger partial charge in [-0.1, -0.05) is 24.3 Å². The highest BCUT2D eigenvalue weighted by Crippen LogP contribution is 2.40. The first kappa shape index (κ1) is 28.2. The van der Waals surface area contributed by atoms with E-state index in [1.54, 1.807) is 44.2 Å². The van der Waals surface area contributed by atoms with Crippen molar-refractivity contribution in [1.82, 2.24) is 19.6 Å². The first-order chi connectivity index (χ1) is 20.1. The normalized spacial score (nSPS) is 11.4. The highest BCUT2D eigenvalue weighted by Gasteiger charge is 2.31. The van der Waals surface area contributed by atoms with Crippen LogP contribution >= 0.6 is 0 Å². The third-order valence-corrected chi connectivity index (χ3v) is 6.25. The van der Waals surface area contributed by atoms with Crippen LogP contribution in [-0.2, 0) is 10.9 Å². The van der Waals surface area contributed by atoms with Crippen molar-refractivity contribution in [3.63, 3.8) is 0 Å². The zero-order valence-corrected chi connectivity index (χ0v) is 22.2. The number of ether oxygens (including phenoxy) is 1. The monoisotopic (exact) mass is 578 g/mol. The lowest BCUT2D eigenvalue weighted by Crippen LogP contribution is -2.20. The largest absolute Gasteiger partial charge is 0.462 e. The Morgan fingerprint density at radius 2 is 1.74 bits per heavy atom. The molecule has 0 unspecified atom stereocenters. The molecule has 5 rings (SSSR count). The lowest BCUT2D eigenvalue weighted by atomic mass is 9.98. The fraction of sp³-hybridized carbons (Fsp3) is 0.138. The molecule has 3 heterocycles. The number of esters is 1. The molecule has 13 heteroatoms. The van der Waals surface area contributed by atoms with Crippen molar-refractivity contribution in [1.29, 1.82) is 0 Å². The Bertz CT molecular complexity index is 1800. The van der Waals surface area contributed by atoms with Crippen LogP contribution in [0.2, 0.25) is 0 Å². The van der Waals surface area contributed by atoms with Crippen molar-refractivity contribution in [3.05, 3.63) is 95.8 Å². The maximum Gasteiger partial charge on any atom is 0.416 e. The van der Waals surface area contributed by atoms with Crippen molar-refractivity contribution >= 4 is 29.0 Å². The number of pyridine rings is 1. The van der Waals surface area contributed by atoms with E-state index in [-0.39, 0.29) is 18.0 Å². The maximum absolute atomic E-state index is 14.2. The molecular weight excluding hydrogens is 556 g/mol. The summed E-state index contributed by atoms with van der Waals surface area (Å²) >= 11 is 0. The molecule has 214 valence electrons. The van der Waals surface area contributed by atoms with E-state index in [0.29, 0.717) is 39.3 Å². The molecule has 2 N–H and O–H groups in total. The minimum absolute atomic E-state index is 0.0937. The summed E-state index contributed by atoms with van der Waals surface area (Å²) in [5.74, 6) is -1.43. The Morgan fingerprint density at radius 3 is 2.43 bits per heavy atom. The predicted molar refractivity (Wildman–Crippen MR) is 146 cm³/mol. The number of aryl methyl sites for hydroxylation is 1. The first-order valence-corrected chi connectivity index (χ1v) is 12.6. The summed E-state index contributed by atoms with van der Waals surface area (Å²) < 4.78 is 60.1. The van der Waals surface area contributed by atoms with Gasteiger partial charge in [-0.2, -0.15) is 18.3 Å². The van der Waals surface area contributed by atoms with Gasteiger partial charge in [-0.3, -0.25) is 5.32 Å². The third-order valence-electron chi connectivity index (χ3n) is 6.25. The third kappa shape index (κ3) is 5.61. The molecule has 2 amide bonds. The fourth-order valence-electron chi connectivity index (χ4n) is 4.49. The van der Waals surface area contributed by atoms with Crippen LogP contribution in [0, 0.1) is 12.7 Å². The van der Waals surface area contributed by atoms with E-state index in [0.717, 1.165) is 18.3 Å². The molecule has 0 aliphatic heterocycles. The van der Waals surface area contributed by atoms with Crippen LogP contribution in [0.3, 0.4) is 0 Å². The van der Waals surface area contributed by atoms with Crippen molar-refractivity contribution in [2.24, 2.45) is 0 Å². The molecule has 42 heavy (non-hydrogen) atoms. The number of anilines is 2. The van der Waals surface area contributed by atoms with Crippen LogP contribution in [0.25, 0.3) is 27.9 Å². The van der Waals surface area contributed by atoms with E-state index >= 15 is 0 Å². The molecule has 2 aromatic carbocycles. The Morgan fingerprint density at radius 1 is 0.976 bits per heavy atom. The van der Waals surface area contributed by atoms with E-state index < -0.39 is 29.6 Å². The first-order valence-electron chi connectivity index (χ1n) is 12.6. The van der Waals surface area contributed by atoms with Gasteiger partial charge in [0, 0.05) is 23.0 Å². The van der Waals surface area contributed by atoms with E-state index in [1.807, 2.05) is 0 Å². The van der Waals surface area contributed by atoms with Crippen LogP contribution in [0.1, 0.15) is 28.5 Å². The second-order valence-corrected chi connectivity index (χ2v) is 9.02. The molecule has 3 aromatic heterocycles. The second kappa shape index (κ2) is 11.3. The molecule has 0 bridgehead atoms. The molecule has 0 saturated heterocycles. The summed E-state index contributed by atoms with van der Waals surface area (Å²) in [6.45, 7) is 3.50. The number of carbonyl (C=O) groups excluding carboxylic acids is 2. The number of amides is 2. The number of carbonyl (C=O) groups is 2. The molecule has 0 spiro atoms. The number of alkyl halides is 3. The molecule has 0 atom stereocenters. The number of hydrogen-bond donors (Lipinski definition) is 2. The number of halogens is 4. The molecule has 5 aromatic rings. The number of rotatable bonds is 6. The molecule has 0 aliphatic carbocycles. The van der Waals surface area contributed by atoms with Gasteiger partial charge >= 0.3 is 18.2 Å². The summed E-state index contributed by atoms with van der Waals surface area (Å²) in [5, 5.41) is 9.16. The highest BCUT2D eigenvalue weighted by atomic mass is 19.4. The lowest BCUT2D eigenvalue weighted by molar-refractivity contribution is -0.137. The molecular formula is C29H22F4N6O3. The van der Waals surface area contributed by atoms with Gasteiger partial charge in [0.2, 0.25) is 0 Å². The van der Waals surface area contributed by atoms with E-state index in [4.69, 9.17) is 4.74 Å². The van der Waals surface area contributed by atoms with E-state index in [1.165, 1.54) is 29.0 Å². The number of nitrogens with zero attached hydrogens (tertiary/aromatic N) is 4. The van der Waals surface area contributed by atoms with Gasteiger partial charge in [0.15, 0.2) is 0 Å². The number of nitrogens with one attached hydrogen (secondary N) is 2. The predicted octanol–water partition coefficient (Wildman–Crippen LogP) is 6.75. The Hall–Kier alpha value is -5.33. The van der Waals surface area contributed by atoms with Crippen LogP contribution < -0.4 is 10.6 Å². The van der Waals surface area contributed by atoms with Gasteiger partial charge in [0.05, 0.1) is 34.6 Å². The average molecular weight is 579 g/mol. The van der Waals surface area contributed by atoms with Gasteiger partial charge in [-0.15, -0.1) is 0 Å². The van der Waals surface area contributed by atoms with Crippen molar-refractivity contribution in [2.45, 2.75) is 20.0 Å². The topological polar surface area (TPSA) is 111 Å². The van der Waals surface area contributed by atoms with Crippen LogP contribution in [0.5, 0.6) is 0 Å². The number of hydrogen-bond acceptors (Lipinski definition) is 6.